The normalized spacial score (nSPS) is 15.2. The molecule has 12 heteroatoms. The number of hydrogen-bond acceptors (Lipinski definition) is 8. The number of amides is 1. The van der Waals surface area contributed by atoms with Crippen molar-refractivity contribution in [2.24, 2.45) is 0 Å². The summed E-state index contributed by atoms with van der Waals surface area (Å²) < 4.78 is 49.4. The van der Waals surface area contributed by atoms with E-state index >= 15 is 0 Å². The van der Waals surface area contributed by atoms with Crippen molar-refractivity contribution in [3.63, 3.8) is 0 Å². The highest BCUT2D eigenvalue weighted by Gasteiger charge is 2.33. The fourth-order valence-electron chi connectivity index (χ4n) is 3.99. The molecule has 38 heavy (non-hydrogen) atoms. The van der Waals surface area contributed by atoms with Crippen LogP contribution >= 0.6 is 0 Å². The van der Waals surface area contributed by atoms with Crippen molar-refractivity contribution < 1.29 is 37.7 Å². The van der Waals surface area contributed by atoms with E-state index < -0.39 is 30.5 Å². The summed E-state index contributed by atoms with van der Waals surface area (Å²) in [6.07, 6.45) is -2.84. The predicted molar refractivity (Wildman–Crippen MR) is 131 cm³/mol. The Morgan fingerprint density at radius 1 is 1.18 bits per heavy atom. The predicted octanol–water partition coefficient (Wildman–Crippen LogP) is 3.74. The first kappa shape index (κ1) is 27.4. The van der Waals surface area contributed by atoms with Crippen LogP contribution in [0, 0.1) is 6.92 Å². The van der Waals surface area contributed by atoms with E-state index in [2.05, 4.69) is 20.3 Å². The Balaban J connectivity index is 1.61. The largest absolute Gasteiger partial charge is 0.475 e. The second-order valence-corrected chi connectivity index (χ2v) is 8.92. The van der Waals surface area contributed by atoms with E-state index in [1.807, 2.05) is 13.0 Å². The maximum atomic E-state index is 12.7. The fraction of sp³-hybridized carbons (Fsp3) is 0.385. The highest BCUT2D eigenvalue weighted by molar-refractivity contribution is 6.03. The molecule has 1 atom stereocenters. The van der Waals surface area contributed by atoms with Crippen LogP contribution in [0.15, 0.2) is 42.7 Å². The Labute approximate surface area is 216 Å². The molecule has 2 aromatic heterocycles. The molecule has 0 aliphatic carbocycles. The monoisotopic (exact) mass is 532 g/mol. The molecule has 1 saturated heterocycles. The van der Waals surface area contributed by atoms with E-state index in [1.54, 1.807) is 24.3 Å². The summed E-state index contributed by atoms with van der Waals surface area (Å²) in [5.41, 5.74) is 2.18. The Morgan fingerprint density at radius 2 is 1.95 bits per heavy atom. The number of aliphatic hydroxyl groups is 2. The molecule has 1 amide bonds. The molecule has 9 nitrogen and oxygen atoms in total. The summed E-state index contributed by atoms with van der Waals surface area (Å²) in [4.78, 5) is 24.1. The maximum absolute atomic E-state index is 12.7. The molecule has 4 rings (SSSR count). The van der Waals surface area contributed by atoms with E-state index in [0.717, 1.165) is 41.4 Å². The molecule has 0 radical (unpaired) electrons. The van der Waals surface area contributed by atoms with Crippen LogP contribution in [-0.4, -0.2) is 63.6 Å². The molecule has 1 fully saturated rings. The number of hydrogen-bond donors (Lipinski definition) is 3. The second kappa shape index (κ2) is 11.8. The van der Waals surface area contributed by atoms with Gasteiger partial charge >= 0.3 is 6.18 Å². The molecule has 3 N–H and O–H groups in total. The van der Waals surface area contributed by atoms with Gasteiger partial charge in [-0.25, -0.2) is 15.0 Å². The molecule has 1 unspecified atom stereocenters. The first-order chi connectivity index (χ1) is 18.1. The smallest absolute Gasteiger partial charge is 0.434 e. The Morgan fingerprint density at radius 3 is 2.61 bits per heavy atom. The van der Waals surface area contributed by atoms with Crippen LogP contribution in [0.3, 0.4) is 0 Å². The Hall–Kier alpha value is -3.61. The van der Waals surface area contributed by atoms with E-state index in [9.17, 15) is 23.1 Å². The SMILES string of the molecule is Cc1ccc(NC(=O)c2cnc(C(F)(F)F)cn2)cc1-c1cc(OCC(O)CO)nc(C2CCOCC2)c1. The lowest BCUT2D eigenvalue weighted by Gasteiger charge is -2.23. The lowest BCUT2D eigenvalue weighted by Crippen LogP contribution is -2.22. The van der Waals surface area contributed by atoms with Crippen LogP contribution < -0.4 is 10.1 Å². The molecule has 0 spiro atoms. The molecule has 1 aromatic carbocycles. The number of anilines is 1. The van der Waals surface area contributed by atoms with Gasteiger partial charge in [0.1, 0.15) is 18.4 Å². The van der Waals surface area contributed by atoms with Gasteiger partial charge in [0.25, 0.3) is 5.91 Å². The number of carbonyl (C=O) groups is 1. The van der Waals surface area contributed by atoms with E-state index in [4.69, 9.17) is 14.6 Å². The van der Waals surface area contributed by atoms with E-state index in [1.165, 1.54) is 0 Å². The van der Waals surface area contributed by atoms with Crippen molar-refractivity contribution in [1.29, 1.82) is 0 Å². The number of aromatic nitrogens is 3. The highest BCUT2D eigenvalue weighted by Crippen LogP contribution is 2.34. The summed E-state index contributed by atoms with van der Waals surface area (Å²) in [5.74, 6) is -0.277. The minimum atomic E-state index is -4.65. The van der Waals surface area contributed by atoms with E-state index in [-0.39, 0.29) is 24.1 Å². The first-order valence-corrected chi connectivity index (χ1v) is 12.0. The average molecular weight is 533 g/mol. The lowest BCUT2D eigenvalue weighted by atomic mass is 9.92. The number of halogens is 3. The molecular weight excluding hydrogens is 505 g/mol. The quantitative estimate of drug-likeness (QED) is 0.401. The van der Waals surface area contributed by atoms with Crippen LogP contribution in [0.4, 0.5) is 18.9 Å². The topological polar surface area (TPSA) is 127 Å². The first-order valence-electron chi connectivity index (χ1n) is 12.0. The van der Waals surface area contributed by atoms with Gasteiger partial charge in [-0.2, -0.15) is 13.2 Å². The van der Waals surface area contributed by atoms with Crippen molar-refractivity contribution in [2.75, 3.05) is 31.7 Å². The summed E-state index contributed by atoms with van der Waals surface area (Å²) in [5, 5.41) is 21.5. The van der Waals surface area contributed by atoms with Gasteiger partial charge in [0.15, 0.2) is 5.69 Å². The number of carbonyl (C=O) groups excluding carboxylic acids is 1. The zero-order valence-corrected chi connectivity index (χ0v) is 20.5. The van der Waals surface area contributed by atoms with Gasteiger partial charge in [-0.15, -0.1) is 0 Å². The van der Waals surface area contributed by atoms with Crippen molar-refractivity contribution in [1.82, 2.24) is 15.0 Å². The van der Waals surface area contributed by atoms with Gasteiger partial charge in [-0.3, -0.25) is 4.79 Å². The number of aryl methyl sites for hydroxylation is 1. The molecule has 3 aromatic rings. The fourth-order valence-corrected chi connectivity index (χ4v) is 3.99. The van der Waals surface area contributed by atoms with Gasteiger partial charge in [-0.1, -0.05) is 6.07 Å². The van der Waals surface area contributed by atoms with E-state index in [0.29, 0.717) is 25.1 Å². The molecule has 1 aliphatic rings. The molecule has 1 aliphatic heterocycles. The van der Waals surface area contributed by atoms with Crippen molar-refractivity contribution in [2.45, 2.75) is 38.0 Å². The minimum Gasteiger partial charge on any atom is -0.475 e. The van der Waals surface area contributed by atoms with Crippen molar-refractivity contribution >= 4 is 11.6 Å². The summed E-state index contributed by atoms with van der Waals surface area (Å²) in [6, 6.07) is 8.86. The number of benzene rings is 1. The summed E-state index contributed by atoms with van der Waals surface area (Å²) in [6.45, 7) is 2.54. The second-order valence-electron chi connectivity index (χ2n) is 8.92. The lowest BCUT2D eigenvalue weighted by molar-refractivity contribution is -0.141. The number of aliphatic hydroxyl groups excluding tert-OH is 2. The van der Waals surface area contributed by atoms with Gasteiger partial charge in [0, 0.05) is 36.6 Å². The van der Waals surface area contributed by atoms with Gasteiger partial charge < -0.3 is 25.0 Å². The third-order valence-electron chi connectivity index (χ3n) is 6.08. The standard InChI is InChI=1S/C26H27F3N4O5/c1-15-2-3-18(32-25(36)22-11-31-23(12-30-22)26(27,28)29)10-20(15)17-8-21(16-4-6-37-7-5-16)33-24(9-17)38-14-19(35)13-34/h2-3,8-12,16,19,34-35H,4-7,13-14H2,1H3,(H,32,36). The molecule has 0 bridgehead atoms. The van der Waals surface area contributed by atoms with Crippen LogP contribution in [0.2, 0.25) is 0 Å². The van der Waals surface area contributed by atoms with Crippen LogP contribution in [0.1, 0.15) is 46.2 Å². The highest BCUT2D eigenvalue weighted by atomic mass is 19.4. The Kier molecular flexibility index (Phi) is 8.55. The molecule has 202 valence electrons. The maximum Gasteiger partial charge on any atom is 0.434 e. The van der Waals surface area contributed by atoms with Gasteiger partial charge in [-0.05, 0) is 54.7 Å². The zero-order valence-electron chi connectivity index (χ0n) is 20.5. The molecule has 0 saturated carbocycles. The number of rotatable bonds is 8. The number of ether oxygens (including phenoxy) is 2. The molecular formula is C26H27F3N4O5. The van der Waals surface area contributed by atoms with Crippen molar-refractivity contribution in [3.8, 4) is 17.0 Å². The van der Waals surface area contributed by atoms with Gasteiger partial charge in [0.05, 0.1) is 19.0 Å². The third-order valence-corrected chi connectivity index (χ3v) is 6.08. The van der Waals surface area contributed by atoms with Crippen LogP contribution in [0.25, 0.3) is 11.1 Å². The number of alkyl halides is 3. The number of pyridine rings is 1. The summed E-state index contributed by atoms with van der Waals surface area (Å²) >= 11 is 0. The Bertz CT molecular complexity index is 1260. The summed E-state index contributed by atoms with van der Waals surface area (Å²) in [7, 11) is 0. The average Bonchev–Trinajstić information content (AvgIpc) is 2.92. The number of nitrogens with zero attached hydrogens (tertiary/aromatic N) is 3. The van der Waals surface area contributed by atoms with Crippen LogP contribution in [-0.2, 0) is 10.9 Å². The van der Waals surface area contributed by atoms with Gasteiger partial charge in [0.2, 0.25) is 5.88 Å². The third kappa shape index (κ3) is 6.82. The number of nitrogens with one attached hydrogen (secondary N) is 1. The van der Waals surface area contributed by atoms with Crippen molar-refractivity contribution in [3.05, 3.63) is 65.4 Å². The van der Waals surface area contributed by atoms with Crippen LogP contribution in [0.5, 0.6) is 5.88 Å². The minimum absolute atomic E-state index is 0.136. The molecule has 3 heterocycles. The zero-order chi connectivity index (χ0) is 27.3.